The number of carbonyl (C=O) groups is 1. The molecule has 0 unspecified atom stereocenters. The van der Waals surface area contributed by atoms with Crippen LogP contribution in [-0.2, 0) is 9.53 Å². The van der Waals surface area contributed by atoms with Crippen molar-refractivity contribution in [3.8, 4) is 11.1 Å². The van der Waals surface area contributed by atoms with Gasteiger partial charge in [0.1, 0.15) is 11.6 Å². The topological polar surface area (TPSA) is 94.6 Å². The Morgan fingerprint density at radius 1 is 1.17 bits per heavy atom. The fraction of sp³-hybridized carbons (Fsp3) is 0.200. The normalized spacial score (nSPS) is 12.7. The number of halogens is 3. The summed E-state index contributed by atoms with van der Waals surface area (Å²) in [5.41, 5.74) is 7.48. The van der Waals surface area contributed by atoms with Crippen molar-refractivity contribution in [2.24, 2.45) is 5.73 Å². The first-order valence-corrected chi connectivity index (χ1v) is 8.54. The lowest BCUT2D eigenvalue weighted by Crippen LogP contribution is -2.40. The van der Waals surface area contributed by atoms with Gasteiger partial charge in [-0.2, -0.15) is 0 Å². The highest BCUT2D eigenvalue weighted by atomic mass is 19.4. The summed E-state index contributed by atoms with van der Waals surface area (Å²) >= 11 is 0. The van der Waals surface area contributed by atoms with Gasteiger partial charge in [-0.25, -0.2) is 4.79 Å². The number of rotatable bonds is 6. The van der Waals surface area contributed by atoms with Crippen LogP contribution in [0.3, 0.4) is 0 Å². The summed E-state index contributed by atoms with van der Waals surface area (Å²) in [6, 6.07) is 12.1. The molecule has 0 saturated carbocycles. The van der Waals surface area contributed by atoms with Gasteiger partial charge in [0.15, 0.2) is 0 Å². The van der Waals surface area contributed by atoms with Crippen LogP contribution in [0.25, 0.3) is 22.1 Å². The van der Waals surface area contributed by atoms with E-state index in [2.05, 4.69) is 10.1 Å². The second-order valence-electron chi connectivity index (χ2n) is 6.36. The number of alkyl halides is 3. The number of anilines is 1. The second kappa shape index (κ2) is 7.96. The summed E-state index contributed by atoms with van der Waals surface area (Å²) in [6.45, 7) is 0.911. The number of aryl methyl sites for hydroxylation is 1. The highest BCUT2D eigenvalue weighted by Gasteiger charge is 2.31. The quantitative estimate of drug-likeness (QED) is 0.611. The molecule has 152 valence electrons. The molecule has 0 saturated heterocycles. The minimum Gasteiger partial charge on any atom is -0.423 e. The Labute approximate surface area is 163 Å². The molecule has 3 N–H and O–H groups in total. The maximum Gasteiger partial charge on any atom is 0.522 e. The molecule has 1 amide bonds. The Hall–Kier alpha value is -3.33. The second-order valence-corrected chi connectivity index (χ2v) is 6.36. The van der Waals surface area contributed by atoms with Gasteiger partial charge in [-0.1, -0.05) is 24.3 Å². The third-order valence-electron chi connectivity index (χ3n) is 4.28. The molecular formula is C20H17F3N2O4. The van der Waals surface area contributed by atoms with Crippen LogP contribution in [0, 0.1) is 6.92 Å². The zero-order valence-corrected chi connectivity index (χ0v) is 15.2. The van der Waals surface area contributed by atoms with Crippen molar-refractivity contribution >= 4 is 22.6 Å². The fourth-order valence-corrected chi connectivity index (χ4v) is 2.92. The lowest BCUT2D eigenvalue weighted by molar-refractivity contribution is -0.324. The predicted octanol–water partition coefficient (Wildman–Crippen LogP) is 3.57. The summed E-state index contributed by atoms with van der Waals surface area (Å²) in [5.74, 6) is -1.02. The molecule has 9 heteroatoms. The molecule has 0 bridgehead atoms. The van der Waals surface area contributed by atoms with Crippen LogP contribution >= 0.6 is 0 Å². The van der Waals surface area contributed by atoms with E-state index < -0.39 is 30.5 Å². The van der Waals surface area contributed by atoms with E-state index in [1.165, 1.54) is 12.1 Å². The first-order valence-electron chi connectivity index (χ1n) is 8.54. The monoisotopic (exact) mass is 406 g/mol. The molecule has 3 rings (SSSR count). The van der Waals surface area contributed by atoms with Crippen molar-refractivity contribution < 1.29 is 27.1 Å². The van der Waals surface area contributed by atoms with E-state index in [1.807, 2.05) is 31.2 Å². The Bertz CT molecular complexity index is 1110. The zero-order chi connectivity index (χ0) is 21.2. The van der Waals surface area contributed by atoms with E-state index in [1.54, 1.807) is 12.1 Å². The Morgan fingerprint density at radius 3 is 2.55 bits per heavy atom. The smallest absolute Gasteiger partial charge is 0.423 e. The van der Waals surface area contributed by atoms with Gasteiger partial charge in [0.2, 0.25) is 5.91 Å². The van der Waals surface area contributed by atoms with Crippen LogP contribution in [0.1, 0.15) is 5.56 Å². The highest BCUT2D eigenvalue weighted by molar-refractivity contribution is 5.95. The van der Waals surface area contributed by atoms with Crippen LogP contribution in [0.5, 0.6) is 0 Å². The minimum atomic E-state index is -4.89. The molecule has 2 aromatic carbocycles. The summed E-state index contributed by atoms with van der Waals surface area (Å²) < 4.78 is 45.7. The van der Waals surface area contributed by atoms with Crippen molar-refractivity contribution in [2.45, 2.75) is 19.3 Å². The summed E-state index contributed by atoms with van der Waals surface area (Å²) in [5, 5.41) is 3.20. The average molecular weight is 406 g/mol. The van der Waals surface area contributed by atoms with Crippen LogP contribution < -0.4 is 16.7 Å². The fourth-order valence-electron chi connectivity index (χ4n) is 2.92. The molecule has 1 heterocycles. The largest absolute Gasteiger partial charge is 0.522 e. The van der Waals surface area contributed by atoms with E-state index in [-0.39, 0.29) is 11.3 Å². The molecular weight excluding hydrogens is 389 g/mol. The lowest BCUT2D eigenvalue weighted by Gasteiger charge is -2.18. The van der Waals surface area contributed by atoms with Gasteiger partial charge in [0.25, 0.3) is 0 Å². The van der Waals surface area contributed by atoms with Gasteiger partial charge in [0.05, 0.1) is 6.61 Å². The van der Waals surface area contributed by atoms with E-state index in [0.717, 1.165) is 11.1 Å². The number of hydrogen-bond donors (Lipinski definition) is 2. The van der Waals surface area contributed by atoms with Crippen LogP contribution in [0.15, 0.2) is 57.7 Å². The molecule has 0 aliphatic carbocycles. The van der Waals surface area contributed by atoms with Crippen LogP contribution in [-0.4, -0.2) is 24.9 Å². The number of primary amides is 1. The third kappa shape index (κ3) is 4.94. The predicted molar refractivity (Wildman–Crippen MR) is 101 cm³/mol. The van der Waals surface area contributed by atoms with Crippen LogP contribution in [0.2, 0.25) is 0 Å². The van der Waals surface area contributed by atoms with Gasteiger partial charge in [0, 0.05) is 28.8 Å². The maximum absolute atomic E-state index is 12.3. The number of ether oxygens (including phenoxy) is 1. The SMILES string of the molecule is Cc1ccccc1-c1cc(=O)oc2cc(N[C@@H](COC(F)(F)F)C(N)=O)ccc12. The molecule has 3 aromatic rings. The van der Waals surface area contributed by atoms with Gasteiger partial charge >= 0.3 is 12.0 Å². The highest BCUT2D eigenvalue weighted by Crippen LogP contribution is 2.31. The number of hydrogen-bond acceptors (Lipinski definition) is 5. The third-order valence-corrected chi connectivity index (χ3v) is 4.28. The molecule has 0 aliphatic rings. The zero-order valence-electron chi connectivity index (χ0n) is 15.2. The number of fused-ring (bicyclic) bond motifs is 1. The lowest BCUT2D eigenvalue weighted by atomic mass is 9.98. The van der Waals surface area contributed by atoms with Crippen molar-refractivity contribution in [3.05, 3.63) is 64.5 Å². The van der Waals surface area contributed by atoms with Crippen LogP contribution in [0.4, 0.5) is 18.9 Å². The summed E-state index contributed by atoms with van der Waals surface area (Å²) in [7, 11) is 0. The minimum absolute atomic E-state index is 0.209. The van der Waals surface area contributed by atoms with E-state index >= 15 is 0 Å². The molecule has 1 aromatic heterocycles. The van der Waals surface area contributed by atoms with E-state index in [0.29, 0.717) is 10.9 Å². The number of carbonyl (C=O) groups excluding carboxylic acids is 1. The Kier molecular flexibility index (Phi) is 5.60. The van der Waals surface area contributed by atoms with Crippen molar-refractivity contribution in [3.63, 3.8) is 0 Å². The van der Waals surface area contributed by atoms with Crippen molar-refractivity contribution in [2.75, 3.05) is 11.9 Å². The molecule has 1 atom stereocenters. The number of nitrogens with two attached hydrogens (primary N) is 1. The van der Waals surface area contributed by atoms with Gasteiger partial charge < -0.3 is 15.5 Å². The Balaban J connectivity index is 1.97. The van der Waals surface area contributed by atoms with Gasteiger partial charge in [-0.15, -0.1) is 13.2 Å². The van der Waals surface area contributed by atoms with E-state index in [9.17, 15) is 22.8 Å². The standard InChI is InChI=1S/C20H17F3N2O4/c1-11-4-2-3-5-13(11)15-9-18(26)29-17-8-12(6-7-14(15)17)25-16(19(24)27)10-28-20(21,22)23/h2-9,16,25H,10H2,1H3,(H2,24,27)/t16-/m0/s1. The van der Waals surface area contributed by atoms with Crippen molar-refractivity contribution in [1.29, 1.82) is 0 Å². The number of amides is 1. The average Bonchev–Trinajstić information content (AvgIpc) is 2.63. The number of nitrogens with one attached hydrogen (secondary N) is 1. The van der Waals surface area contributed by atoms with Gasteiger partial charge in [-0.3, -0.25) is 9.53 Å². The first kappa shape index (κ1) is 20.4. The first-order chi connectivity index (χ1) is 13.6. The molecule has 6 nitrogen and oxygen atoms in total. The van der Waals surface area contributed by atoms with E-state index in [4.69, 9.17) is 10.2 Å². The molecule has 29 heavy (non-hydrogen) atoms. The number of benzene rings is 2. The molecule has 0 spiro atoms. The molecule has 0 fully saturated rings. The maximum atomic E-state index is 12.3. The summed E-state index contributed by atoms with van der Waals surface area (Å²) in [6.07, 6.45) is -4.89. The van der Waals surface area contributed by atoms with Gasteiger partial charge in [-0.05, 0) is 30.2 Å². The summed E-state index contributed by atoms with van der Waals surface area (Å²) in [4.78, 5) is 23.5. The Morgan fingerprint density at radius 2 is 1.90 bits per heavy atom. The van der Waals surface area contributed by atoms with Crippen molar-refractivity contribution in [1.82, 2.24) is 0 Å². The molecule has 0 radical (unpaired) electrons. The molecule has 0 aliphatic heterocycles.